The van der Waals surface area contributed by atoms with E-state index in [-0.39, 0.29) is 11.8 Å². The number of aryl methyl sites for hydroxylation is 1. The predicted octanol–water partition coefficient (Wildman–Crippen LogP) is 4.46. The summed E-state index contributed by atoms with van der Waals surface area (Å²) in [6.45, 7) is 4.87. The lowest BCUT2D eigenvalue weighted by Crippen LogP contribution is -2.31. The Labute approximate surface area is 160 Å². The zero-order chi connectivity index (χ0) is 19.2. The molecule has 0 spiro atoms. The van der Waals surface area contributed by atoms with Gasteiger partial charge in [0.1, 0.15) is 18.1 Å². The van der Waals surface area contributed by atoms with Crippen LogP contribution in [0.4, 0.5) is 0 Å². The quantitative estimate of drug-likeness (QED) is 0.631. The average Bonchev–Trinajstić information content (AvgIpc) is 2.71. The molecule has 0 aliphatic rings. The normalized spacial score (nSPS) is 11.8. The van der Waals surface area contributed by atoms with Crippen molar-refractivity contribution >= 4 is 16.7 Å². The maximum Gasteiger partial charge on any atom is 0.227 e. The van der Waals surface area contributed by atoms with E-state index >= 15 is 0 Å². The molecule has 4 heteroatoms. The molecule has 1 atom stereocenters. The van der Waals surface area contributed by atoms with Crippen molar-refractivity contribution in [2.24, 2.45) is 0 Å². The summed E-state index contributed by atoms with van der Waals surface area (Å²) < 4.78 is 10.9. The molecule has 0 aromatic heterocycles. The molecule has 0 bridgehead atoms. The number of carbonyl (C=O) groups excluding carboxylic acids is 1. The predicted molar refractivity (Wildman–Crippen MR) is 109 cm³/mol. The Hall–Kier alpha value is -3.01. The van der Waals surface area contributed by atoms with Gasteiger partial charge in [0, 0.05) is 0 Å². The van der Waals surface area contributed by atoms with Crippen LogP contribution in [0.1, 0.15) is 24.0 Å². The maximum atomic E-state index is 12.4. The molecule has 0 saturated heterocycles. The first-order valence-electron chi connectivity index (χ1n) is 9.11. The third-order valence-corrected chi connectivity index (χ3v) is 4.66. The fourth-order valence-electron chi connectivity index (χ4n) is 2.92. The van der Waals surface area contributed by atoms with E-state index in [1.807, 2.05) is 68.4 Å². The van der Waals surface area contributed by atoms with Crippen molar-refractivity contribution in [2.45, 2.75) is 19.8 Å². The molecule has 4 nitrogen and oxygen atoms in total. The van der Waals surface area contributed by atoms with Gasteiger partial charge in [-0.05, 0) is 54.4 Å². The zero-order valence-corrected chi connectivity index (χ0v) is 16.0. The fraction of sp³-hybridized carbons (Fsp3) is 0.261. The van der Waals surface area contributed by atoms with Crippen LogP contribution in [0.5, 0.6) is 11.5 Å². The van der Waals surface area contributed by atoms with Crippen LogP contribution < -0.4 is 14.8 Å². The van der Waals surface area contributed by atoms with E-state index in [1.165, 1.54) is 5.56 Å². The first-order chi connectivity index (χ1) is 13.1. The molecular weight excluding hydrogens is 338 g/mol. The number of fused-ring (bicyclic) bond motifs is 1. The minimum Gasteiger partial charge on any atom is -0.497 e. The lowest BCUT2D eigenvalue weighted by atomic mass is 9.97. The molecular formula is C23H25NO3. The van der Waals surface area contributed by atoms with E-state index in [2.05, 4.69) is 11.4 Å². The van der Waals surface area contributed by atoms with Crippen molar-refractivity contribution in [2.75, 3.05) is 20.3 Å². The average molecular weight is 363 g/mol. The Balaban J connectivity index is 1.55. The highest BCUT2D eigenvalue weighted by molar-refractivity contribution is 5.88. The molecule has 0 aliphatic heterocycles. The third kappa shape index (κ3) is 4.79. The summed E-state index contributed by atoms with van der Waals surface area (Å²) in [7, 11) is 1.66. The van der Waals surface area contributed by atoms with Crippen LogP contribution in [0.15, 0.2) is 60.7 Å². The second kappa shape index (κ2) is 8.58. The first-order valence-corrected chi connectivity index (χ1v) is 9.11. The second-order valence-corrected chi connectivity index (χ2v) is 6.65. The number of methoxy groups -OCH3 is 1. The highest BCUT2D eigenvalue weighted by atomic mass is 16.5. The molecule has 140 valence electrons. The molecule has 1 N–H and O–H groups in total. The van der Waals surface area contributed by atoms with E-state index in [0.29, 0.717) is 13.2 Å². The summed E-state index contributed by atoms with van der Waals surface area (Å²) in [5, 5.41) is 5.13. The minimum absolute atomic E-state index is 0.00429. The van der Waals surface area contributed by atoms with Gasteiger partial charge < -0.3 is 14.8 Å². The lowest BCUT2D eigenvalue weighted by Gasteiger charge is -2.14. The van der Waals surface area contributed by atoms with Crippen LogP contribution in [0.2, 0.25) is 0 Å². The molecule has 3 aromatic rings. The van der Waals surface area contributed by atoms with Crippen LogP contribution in [0, 0.1) is 6.92 Å². The van der Waals surface area contributed by atoms with Crippen LogP contribution in [-0.4, -0.2) is 26.2 Å². The smallest absolute Gasteiger partial charge is 0.227 e. The number of nitrogens with one attached hydrogen (secondary N) is 1. The van der Waals surface area contributed by atoms with Gasteiger partial charge in [0.15, 0.2) is 0 Å². The van der Waals surface area contributed by atoms with Gasteiger partial charge in [-0.3, -0.25) is 4.79 Å². The number of carbonyl (C=O) groups is 1. The van der Waals surface area contributed by atoms with Gasteiger partial charge >= 0.3 is 0 Å². The SMILES string of the molecule is COc1ccc2cc(C(C)C(=O)NCCOc3ccc(C)cc3)ccc2c1. The van der Waals surface area contributed by atoms with Crippen molar-refractivity contribution in [3.05, 3.63) is 71.8 Å². The topological polar surface area (TPSA) is 47.6 Å². The molecule has 1 unspecified atom stereocenters. The lowest BCUT2D eigenvalue weighted by molar-refractivity contribution is -0.122. The molecule has 0 fully saturated rings. The van der Waals surface area contributed by atoms with Crippen molar-refractivity contribution in [1.82, 2.24) is 5.32 Å². The van der Waals surface area contributed by atoms with Gasteiger partial charge in [0.25, 0.3) is 0 Å². The van der Waals surface area contributed by atoms with Gasteiger partial charge in [0.05, 0.1) is 19.6 Å². The number of hydrogen-bond acceptors (Lipinski definition) is 3. The number of hydrogen-bond donors (Lipinski definition) is 1. The summed E-state index contributed by atoms with van der Waals surface area (Å²) in [5.41, 5.74) is 2.18. The van der Waals surface area contributed by atoms with Gasteiger partial charge in [-0.25, -0.2) is 0 Å². The van der Waals surface area contributed by atoms with E-state index in [4.69, 9.17) is 9.47 Å². The summed E-state index contributed by atoms with van der Waals surface area (Å²) in [6.07, 6.45) is 0. The Morgan fingerprint density at radius 2 is 1.63 bits per heavy atom. The summed E-state index contributed by atoms with van der Waals surface area (Å²) in [5.74, 6) is 1.41. The molecule has 3 aromatic carbocycles. The second-order valence-electron chi connectivity index (χ2n) is 6.65. The molecule has 0 radical (unpaired) electrons. The third-order valence-electron chi connectivity index (χ3n) is 4.66. The highest BCUT2D eigenvalue weighted by Crippen LogP contribution is 2.25. The van der Waals surface area contributed by atoms with Crippen molar-refractivity contribution < 1.29 is 14.3 Å². The Bertz CT molecular complexity index is 919. The number of rotatable bonds is 7. The molecule has 0 saturated carbocycles. The maximum absolute atomic E-state index is 12.4. The Morgan fingerprint density at radius 1 is 0.963 bits per heavy atom. The van der Waals surface area contributed by atoms with Crippen LogP contribution in [0.3, 0.4) is 0 Å². The van der Waals surface area contributed by atoms with E-state index in [1.54, 1.807) is 7.11 Å². The molecule has 3 rings (SSSR count). The van der Waals surface area contributed by atoms with Crippen molar-refractivity contribution in [1.29, 1.82) is 0 Å². The van der Waals surface area contributed by atoms with E-state index in [9.17, 15) is 4.79 Å². The summed E-state index contributed by atoms with van der Waals surface area (Å²) in [4.78, 5) is 12.4. The number of benzene rings is 3. The summed E-state index contributed by atoms with van der Waals surface area (Å²) in [6, 6.07) is 19.9. The minimum atomic E-state index is -0.226. The Morgan fingerprint density at radius 3 is 2.37 bits per heavy atom. The van der Waals surface area contributed by atoms with Crippen LogP contribution in [0.25, 0.3) is 10.8 Å². The van der Waals surface area contributed by atoms with Gasteiger partial charge in [-0.15, -0.1) is 0 Å². The number of ether oxygens (including phenoxy) is 2. The monoisotopic (exact) mass is 363 g/mol. The molecule has 27 heavy (non-hydrogen) atoms. The van der Waals surface area contributed by atoms with Crippen molar-refractivity contribution in [3.8, 4) is 11.5 Å². The van der Waals surface area contributed by atoms with Gasteiger partial charge in [0.2, 0.25) is 5.91 Å². The first kappa shape index (κ1) is 18.8. The van der Waals surface area contributed by atoms with Crippen LogP contribution in [-0.2, 0) is 4.79 Å². The molecule has 0 aliphatic carbocycles. The standard InChI is InChI=1S/C23H25NO3/c1-16-4-9-21(10-5-16)27-13-12-24-23(25)17(2)18-6-7-20-15-22(26-3)11-8-19(20)14-18/h4-11,14-15,17H,12-13H2,1-3H3,(H,24,25). The molecule has 0 heterocycles. The Kier molecular flexibility index (Phi) is 5.97. The number of amides is 1. The fourth-order valence-corrected chi connectivity index (χ4v) is 2.92. The van der Waals surface area contributed by atoms with Crippen molar-refractivity contribution in [3.63, 3.8) is 0 Å². The largest absolute Gasteiger partial charge is 0.497 e. The van der Waals surface area contributed by atoms with Gasteiger partial charge in [-0.1, -0.05) is 42.0 Å². The summed E-state index contributed by atoms with van der Waals surface area (Å²) >= 11 is 0. The molecule has 1 amide bonds. The zero-order valence-electron chi connectivity index (χ0n) is 16.0. The van der Waals surface area contributed by atoms with Gasteiger partial charge in [-0.2, -0.15) is 0 Å². The highest BCUT2D eigenvalue weighted by Gasteiger charge is 2.15. The van der Waals surface area contributed by atoms with Crippen LogP contribution >= 0.6 is 0 Å². The van der Waals surface area contributed by atoms with E-state index < -0.39 is 0 Å². The van der Waals surface area contributed by atoms with E-state index in [0.717, 1.165) is 27.8 Å².